The zero-order valence-corrected chi connectivity index (χ0v) is 18.6. The van der Waals surface area contributed by atoms with Crippen LogP contribution in [0, 0.1) is 17.6 Å². The van der Waals surface area contributed by atoms with Gasteiger partial charge in [-0.1, -0.05) is 32.0 Å². The van der Waals surface area contributed by atoms with Gasteiger partial charge in [-0.25, -0.2) is 13.6 Å². The SMILES string of the molecule is CC(C)COC(=O)N1CCN(c2ccc(C3CCC(c4c(F)cccc4F)=N3)cc2)CC1. The van der Waals surface area contributed by atoms with Crippen molar-refractivity contribution in [2.75, 3.05) is 37.7 Å². The number of nitrogens with zero attached hydrogens (tertiary/aromatic N) is 3. The van der Waals surface area contributed by atoms with E-state index in [0.29, 0.717) is 37.7 Å². The minimum absolute atomic E-state index is 0.00332. The molecule has 7 heteroatoms. The van der Waals surface area contributed by atoms with E-state index >= 15 is 0 Å². The molecular formula is C25H29F2N3O2. The molecule has 0 aromatic heterocycles. The van der Waals surface area contributed by atoms with Gasteiger partial charge >= 0.3 is 6.09 Å². The summed E-state index contributed by atoms with van der Waals surface area (Å²) in [5, 5.41) is 0. The normalized spacial score (nSPS) is 18.8. The van der Waals surface area contributed by atoms with E-state index in [4.69, 9.17) is 4.74 Å². The molecular weight excluding hydrogens is 412 g/mol. The molecule has 2 aromatic carbocycles. The molecule has 2 aromatic rings. The van der Waals surface area contributed by atoms with Gasteiger partial charge < -0.3 is 14.5 Å². The minimum atomic E-state index is -0.563. The van der Waals surface area contributed by atoms with Gasteiger partial charge in [0.2, 0.25) is 0 Å². The molecule has 2 heterocycles. The van der Waals surface area contributed by atoms with E-state index in [1.807, 2.05) is 26.0 Å². The average Bonchev–Trinajstić information content (AvgIpc) is 3.27. The molecule has 4 rings (SSSR count). The molecule has 0 spiro atoms. The zero-order chi connectivity index (χ0) is 22.7. The second kappa shape index (κ2) is 9.67. The maximum atomic E-state index is 14.1. The average molecular weight is 442 g/mol. The van der Waals surface area contributed by atoms with Crippen molar-refractivity contribution in [3.05, 3.63) is 65.2 Å². The molecule has 2 aliphatic heterocycles. The molecule has 2 aliphatic rings. The summed E-state index contributed by atoms with van der Waals surface area (Å²) in [5.41, 5.74) is 2.62. The predicted octanol–water partition coefficient (Wildman–Crippen LogP) is 5.20. The van der Waals surface area contributed by atoms with Gasteiger partial charge in [0.25, 0.3) is 0 Å². The Labute approximate surface area is 187 Å². The van der Waals surface area contributed by atoms with Gasteiger partial charge in [-0.2, -0.15) is 0 Å². The van der Waals surface area contributed by atoms with Crippen molar-refractivity contribution in [2.45, 2.75) is 32.7 Å². The molecule has 1 unspecified atom stereocenters. The molecule has 5 nitrogen and oxygen atoms in total. The van der Waals surface area contributed by atoms with Gasteiger partial charge in [0.15, 0.2) is 0 Å². The summed E-state index contributed by atoms with van der Waals surface area (Å²) in [4.78, 5) is 20.7. The fourth-order valence-electron chi connectivity index (χ4n) is 4.18. The Hall–Kier alpha value is -2.96. The van der Waals surface area contributed by atoms with Crippen LogP contribution in [0.3, 0.4) is 0 Å². The van der Waals surface area contributed by atoms with Crippen molar-refractivity contribution in [3.63, 3.8) is 0 Å². The van der Waals surface area contributed by atoms with E-state index < -0.39 is 11.6 Å². The molecule has 0 radical (unpaired) electrons. The number of halogens is 2. The van der Waals surface area contributed by atoms with Crippen LogP contribution >= 0.6 is 0 Å². The van der Waals surface area contributed by atoms with Gasteiger partial charge in [-0.3, -0.25) is 4.99 Å². The molecule has 1 atom stereocenters. The lowest BCUT2D eigenvalue weighted by molar-refractivity contribution is 0.0901. The fraction of sp³-hybridized carbons (Fsp3) is 0.440. The summed E-state index contributed by atoms with van der Waals surface area (Å²) >= 11 is 0. The molecule has 0 N–H and O–H groups in total. The van der Waals surface area contributed by atoms with Crippen LogP contribution < -0.4 is 4.90 Å². The van der Waals surface area contributed by atoms with E-state index in [1.54, 1.807) is 4.90 Å². The lowest BCUT2D eigenvalue weighted by Crippen LogP contribution is -2.49. The maximum Gasteiger partial charge on any atom is 0.409 e. The maximum absolute atomic E-state index is 14.1. The molecule has 0 bridgehead atoms. The number of carbonyl (C=O) groups excluding carboxylic acids is 1. The van der Waals surface area contributed by atoms with Crippen molar-refractivity contribution < 1.29 is 18.3 Å². The van der Waals surface area contributed by atoms with Crippen LogP contribution in [0.5, 0.6) is 0 Å². The number of ether oxygens (including phenoxy) is 1. The monoisotopic (exact) mass is 441 g/mol. The van der Waals surface area contributed by atoms with Gasteiger partial charge in [-0.15, -0.1) is 0 Å². The number of aliphatic imine (C=N–C) groups is 1. The first-order chi connectivity index (χ1) is 15.4. The standard InChI is InChI=1S/C25H29F2N3O2/c1-17(2)16-32-25(31)30-14-12-29(13-15-30)19-8-6-18(7-9-19)22-10-11-23(28-22)24-20(26)4-3-5-21(24)27/h3-9,17,22H,10-16H2,1-2H3. The molecule has 0 saturated carbocycles. The third kappa shape index (κ3) is 4.92. The van der Waals surface area contributed by atoms with Crippen LogP contribution in [0.25, 0.3) is 0 Å². The van der Waals surface area contributed by atoms with Crippen LogP contribution in [0.4, 0.5) is 19.3 Å². The smallest absolute Gasteiger partial charge is 0.409 e. The van der Waals surface area contributed by atoms with Crippen LogP contribution in [-0.4, -0.2) is 49.5 Å². The Balaban J connectivity index is 1.36. The summed E-state index contributed by atoms with van der Waals surface area (Å²) in [5.74, 6) is -0.802. The van der Waals surface area contributed by atoms with Crippen molar-refractivity contribution in [2.24, 2.45) is 10.9 Å². The number of carbonyl (C=O) groups is 1. The number of amides is 1. The van der Waals surface area contributed by atoms with Crippen LogP contribution in [0.1, 0.15) is 43.9 Å². The summed E-state index contributed by atoms with van der Waals surface area (Å²) in [6.45, 7) is 7.22. The molecule has 1 saturated heterocycles. The third-order valence-electron chi connectivity index (χ3n) is 5.94. The highest BCUT2D eigenvalue weighted by Crippen LogP contribution is 2.33. The molecule has 170 valence electrons. The largest absolute Gasteiger partial charge is 0.449 e. The van der Waals surface area contributed by atoms with Crippen LogP contribution in [0.2, 0.25) is 0 Å². The predicted molar refractivity (Wildman–Crippen MR) is 121 cm³/mol. The number of anilines is 1. The number of hydrogen-bond acceptors (Lipinski definition) is 4. The van der Waals surface area contributed by atoms with Crippen LogP contribution in [0.15, 0.2) is 47.5 Å². The number of benzene rings is 2. The molecule has 1 fully saturated rings. The number of rotatable bonds is 5. The lowest BCUT2D eigenvalue weighted by atomic mass is 10.0. The lowest BCUT2D eigenvalue weighted by Gasteiger charge is -2.35. The number of piperazine rings is 1. The topological polar surface area (TPSA) is 45.1 Å². The fourth-order valence-corrected chi connectivity index (χ4v) is 4.18. The van der Waals surface area contributed by atoms with Crippen molar-refractivity contribution in [1.29, 1.82) is 0 Å². The zero-order valence-electron chi connectivity index (χ0n) is 18.6. The Morgan fingerprint density at radius 3 is 2.34 bits per heavy atom. The summed E-state index contributed by atoms with van der Waals surface area (Å²) < 4.78 is 33.5. The first-order valence-corrected chi connectivity index (χ1v) is 11.2. The Kier molecular flexibility index (Phi) is 6.72. The highest BCUT2D eigenvalue weighted by atomic mass is 19.1. The van der Waals surface area contributed by atoms with Crippen LogP contribution in [-0.2, 0) is 4.74 Å². The quantitative estimate of drug-likeness (QED) is 0.640. The summed E-state index contributed by atoms with van der Waals surface area (Å²) in [6.07, 6.45) is 1.05. The first-order valence-electron chi connectivity index (χ1n) is 11.2. The molecule has 0 aliphatic carbocycles. The van der Waals surface area contributed by atoms with Crippen molar-refractivity contribution in [3.8, 4) is 0 Å². The van der Waals surface area contributed by atoms with E-state index in [9.17, 15) is 13.6 Å². The third-order valence-corrected chi connectivity index (χ3v) is 5.94. The van der Waals surface area contributed by atoms with Gasteiger partial charge in [0.05, 0.1) is 18.2 Å². The highest BCUT2D eigenvalue weighted by Gasteiger charge is 2.25. The van der Waals surface area contributed by atoms with Gasteiger partial charge in [0.1, 0.15) is 11.6 Å². The van der Waals surface area contributed by atoms with E-state index in [0.717, 1.165) is 30.8 Å². The minimum Gasteiger partial charge on any atom is -0.449 e. The molecule has 32 heavy (non-hydrogen) atoms. The molecule has 1 amide bonds. The van der Waals surface area contributed by atoms with Gasteiger partial charge in [-0.05, 0) is 48.6 Å². The van der Waals surface area contributed by atoms with E-state index in [2.05, 4.69) is 22.0 Å². The van der Waals surface area contributed by atoms with E-state index in [1.165, 1.54) is 18.2 Å². The highest BCUT2D eigenvalue weighted by molar-refractivity contribution is 6.02. The van der Waals surface area contributed by atoms with Crippen molar-refractivity contribution in [1.82, 2.24) is 4.90 Å². The van der Waals surface area contributed by atoms with E-state index in [-0.39, 0.29) is 17.7 Å². The van der Waals surface area contributed by atoms with Gasteiger partial charge in [0, 0.05) is 37.6 Å². The summed E-state index contributed by atoms with van der Waals surface area (Å²) in [7, 11) is 0. The number of hydrogen-bond donors (Lipinski definition) is 0. The van der Waals surface area contributed by atoms with Crippen molar-refractivity contribution >= 4 is 17.5 Å². The Morgan fingerprint density at radius 1 is 1.06 bits per heavy atom. The summed E-state index contributed by atoms with van der Waals surface area (Å²) in [6, 6.07) is 12.0. The second-order valence-electron chi connectivity index (χ2n) is 8.76. The second-order valence-corrected chi connectivity index (χ2v) is 8.76. The Morgan fingerprint density at radius 2 is 1.72 bits per heavy atom. The Bertz CT molecular complexity index is 963. The first kappa shape index (κ1) is 22.2.